The Morgan fingerprint density at radius 3 is 2.33 bits per heavy atom. The van der Waals surface area contributed by atoms with E-state index in [2.05, 4.69) is 43.2 Å². The minimum atomic E-state index is -0.789. The maximum atomic E-state index is 11.9. The van der Waals surface area contributed by atoms with Crippen molar-refractivity contribution in [1.29, 1.82) is 0 Å². The number of aromatic nitrogens is 1. The summed E-state index contributed by atoms with van der Waals surface area (Å²) in [5.41, 5.74) is 6.28. The maximum Gasteiger partial charge on any atom is 0.308 e. The standard InChI is InChI=1S/C27H32N2O4/c1-5-17-11-19-13-27(4,14-20(19)12-18(17)6-2)28-15-23(31)21-7-9-24(33-16(3)30)26-22(21)8-10-25(32)29-26/h7-12,23,28,31H,5-6,13-15H2,1-4H3,(H,29,32)/t23-/m0/s1. The molecular weight excluding hydrogens is 416 g/mol. The normalized spacial score (nSPS) is 15.4. The van der Waals surface area contributed by atoms with E-state index in [4.69, 9.17) is 4.74 Å². The fraction of sp³-hybridized carbons (Fsp3) is 0.407. The molecule has 4 rings (SSSR count). The van der Waals surface area contributed by atoms with E-state index in [1.807, 2.05) is 0 Å². The highest BCUT2D eigenvalue weighted by atomic mass is 16.5. The Bertz CT molecular complexity index is 1230. The molecule has 3 N–H and O–H groups in total. The van der Waals surface area contributed by atoms with E-state index >= 15 is 0 Å². The average molecular weight is 449 g/mol. The summed E-state index contributed by atoms with van der Waals surface area (Å²) in [6, 6.07) is 11.1. The van der Waals surface area contributed by atoms with Crippen LogP contribution < -0.4 is 15.6 Å². The number of fused-ring (bicyclic) bond motifs is 2. The zero-order valence-electron chi connectivity index (χ0n) is 19.7. The molecule has 1 aliphatic rings. The summed E-state index contributed by atoms with van der Waals surface area (Å²) >= 11 is 0. The minimum Gasteiger partial charge on any atom is -0.424 e. The van der Waals surface area contributed by atoms with E-state index in [0.29, 0.717) is 23.0 Å². The summed E-state index contributed by atoms with van der Waals surface area (Å²) in [6.45, 7) is 8.29. The molecule has 3 aromatic rings. The number of aryl methyl sites for hydroxylation is 2. The highest BCUT2D eigenvalue weighted by Gasteiger charge is 2.33. The first-order valence-corrected chi connectivity index (χ1v) is 11.6. The van der Waals surface area contributed by atoms with Crippen molar-refractivity contribution in [2.45, 2.75) is 65.0 Å². The molecule has 1 aromatic heterocycles. The molecule has 0 radical (unpaired) electrons. The van der Waals surface area contributed by atoms with Crippen LogP contribution in [0.25, 0.3) is 10.9 Å². The largest absolute Gasteiger partial charge is 0.424 e. The Balaban J connectivity index is 1.55. The molecule has 0 unspecified atom stereocenters. The fourth-order valence-electron chi connectivity index (χ4n) is 5.04. The molecule has 33 heavy (non-hydrogen) atoms. The number of carbonyl (C=O) groups is 1. The summed E-state index contributed by atoms with van der Waals surface area (Å²) in [4.78, 5) is 26.1. The van der Waals surface area contributed by atoms with Crippen LogP contribution in [0.3, 0.4) is 0 Å². The Kier molecular flexibility index (Phi) is 6.41. The highest BCUT2D eigenvalue weighted by Crippen LogP contribution is 2.34. The molecule has 1 aliphatic carbocycles. The van der Waals surface area contributed by atoms with Crippen molar-refractivity contribution in [1.82, 2.24) is 10.3 Å². The van der Waals surface area contributed by atoms with Crippen LogP contribution in [0, 0.1) is 0 Å². The SMILES string of the molecule is CCc1cc2c(cc1CC)CC(C)(NC[C@H](O)c1ccc(OC(C)=O)c3[nH]c(=O)ccc13)C2. The van der Waals surface area contributed by atoms with Gasteiger partial charge >= 0.3 is 5.97 Å². The van der Waals surface area contributed by atoms with Gasteiger partial charge in [0.15, 0.2) is 5.75 Å². The van der Waals surface area contributed by atoms with Gasteiger partial charge in [-0.2, -0.15) is 0 Å². The molecule has 0 amide bonds. The van der Waals surface area contributed by atoms with Crippen molar-refractivity contribution < 1.29 is 14.6 Å². The second-order valence-electron chi connectivity index (χ2n) is 9.27. The third-order valence-corrected chi connectivity index (χ3v) is 6.67. The number of aliphatic hydroxyl groups is 1. The molecule has 1 atom stereocenters. The monoisotopic (exact) mass is 448 g/mol. The van der Waals surface area contributed by atoms with Crippen LogP contribution in [0.2, 0.25) is 0 Å². The van der Waals surface area contributed by atoms with Crippen molar-refractivity contribution in [2.24, 2.45) is 0 Å². The number of H-pyrrole nitrogens is 1. The van der Waals surface area contributed by atoms with Gasteiger partial charge in [0, 0.05) is 30.5 Å². The first-order valence-electron chi connectivity index (χ1n) is 11.6. The molecule has 6 heteroatoms. The number of hydrogen-bond donors (Lipinski definition) is 3. The lowest BCUT2D eigenvalue weighted by Gasteiger charge is -2.27. The zero-order chi connectivity index (χ0) is 23.8. The summed E-state index contributed by atoms with van der Waals surface area (Å²) in [5, 5.41) is 15.3. The van der Waals surface area contributed by atoms with Crippen LogP contribution in [0.5, 0.6) is 5.75 Å². The van der Waals surface area contributed by atoms with Gasteiger partial charge in [-0.15, -0.1) is 0 Å². The molecule has 0 spiro atoms. The third kappa shape index (κ3) is 4.72. The minimum absolute atomic E-state index is 0.136. The number of esters is 1. The number of hydrogen-bond acceptors (Lipinski definition) is 5. The van der Waals surface area contributed by atoms with E-state index in [9.17, 15) is 14.7 Å². The van der Waals surface area contributed by atoms with Crippen LogP contribution in [0.4, 0.5) is 0 Å². The summed E-state index contributed by atoms with van der Waals surface area (Å²) in [6.07, 6.45) is 3.13. The first-order chi connectivity index (χ1) is 15.7. The van der Waals surface area contributed by atoms with Crippen molar-refractivity contribution in [3.63, 3.8) is 0 Å². The zero-order valence-corrected chi connectivity index (χ0v) is 19.7. The van der Waals surface area contributed by atoms with Gasteiger partial charge in [0.25, 0.3) is 0 Å². The predicted molar refractivity (Wildman–Crippen MR) is 130 cm³/mol. The Labute approximate surface area is 194 Å². The van der Waals surface area contributed by atoms with Crippen LogP contribution in [0.1, 0.15) is 61.6 Å². The lowest BCUT2D eigenvalue weighted by Crippen LogP contribution is -2.45. The van der Waals surface area contributed by atoms with Crippen LogP contribution >= 0.6 is 0 Å². The lowest BCUT2D eigenvalue weighted by atomic mass is 9.97. The van der Waals surface area contributed by atoms with Crippen LogP contribution in [0.15, 0.2) is 41.2 Å². The molecule has 0 bridgehead atoms. The summed E-state index contributed by atoms with van der Waals surface area (Å²) < 4.78 is 5.24. The quantitative estimate of drug-likeness (QED) is 0.378. The smallest absolute Gasteiger partial charge is 0.308 e. The van der Waals surface area contributed by atoms with Gasteiger partial charge in [-0.05, 0) is 72.6 Å². The van der Waals surface area contributed by atoms with Crippen molar-refractivity contribution in [3.8, 4) is 5.75 Å². The number of β-amino-alcohol motifs (C(OH)–C–C–N with tert-alkyl or cyclic N) is 1. The summed E-state index contributed by atoms with van der Waals surface area (Å²) in [5.74, 6) is -0.196. The number of benzene rings is 2. The van der Waals surface area contributed by atoms with Gasteiger partial charge in [0.05, 0.1) is 11.6 Å². The third-order valence-electron chi connectivity index (χ3n) is 6.67. The molecule has 0 fully saturated rings. The number of aromatic amines is 1. The number of pyridine rings is 1. The molecule has 0 saturated carbocycles. The number of ether oxygens (including phenoxy) is 1. The van der Waals surface area contributed by atoms with Gasteiger partial charge < -0.3 is 20.1 Å². The van der Waals surface area contributed by atoms with Gasteiger partial charge in [0.1, 0.15) is 0 Å². The molecule has 0 aliphatic heterocycles. The number of nitrogens with one attached hydrogen (secondary N) is 2. The van der Waals surface area contributed by atoms with E-state index in [-0.39, 0.29) is 16.8 Å². The van der Waals surface area contributed by atoms with Crippen molar-refractivity contribution in [2.75, 3.05) is 6.54 Å². The van der Waals surface area contributed by atoms with Gasteiger partial charge in [-0.1, -0.05) is 32.0 Å². The second-order valence-corrected chi connectivity index (χ2v) is 9.27. The Morgan fingerprint density at radius 2 is 1.76 bits per heavy atom. The number of carbonyl (C=O) groups excluding carboxylic acids is 1. The van der Waals surface area contributed by atoms with E-state index in [0.717, 1.165) is 25.7 Å². The van der Waals surface area contributed by atoms with Crippen molar-refractivity contribution >= 4 is 16.9 Å². The summed E-state index contributed by atoms with van der Waals surface area (Å²) in [7, 11) is 0. The van der Waals surface area contributed by atoms with Crippen molar-refractivity contribution in [3.05, 3.63) is 74.6 Å². The first kappa shape index (κ1) is 23.2. The van der Waals surface area contributed by atoms with E-state index in [1.54, 1.807) is 18.2 Å². The Morgan fingerprint density at radius 1 is 1.12 bits per heavy atom. The Hall–Kier alpha value is -2.96. The molecule has 1 heterocycles. The van der Waals surface area contributed by atoms with E-state index < -0.39 is 12.1 Å². The van der Waals surface area contributed by atoms with Crippen LogP contribution in [-0.4, -0.2) is 28.1 Å². The molecule has 2 aromatic carbocycles. The number of aliphatic hydroxyl groups excluding tert-OH is 1. The molecule has 174 valence electrons. The topological polar surface area (TPSA) is 91.4 Å². The maximum absolute atomic E-state index is 11.9. The number of rotatable bonds is 7. The molecular formula is C27H32N2O4. The second kappa shape index (κ2) is 9.12. The van der Waals surface area contributed by atoms with Gasteiger partial charge in [-0.25, -0.2) is 0 Å². The van der Waals surface area contributed by atoms with E-state index in [1.165, 1.54) is 35.2 Å². The highest BCUT2D eigenvalue weighted by molar-refractivity contribution is 5.89. The van der Waals surface area contributed by atoms with Gasteiger partial charge in [0.2, 0.25) is 5.56 Å². The van der Waals surface area contributed by atoms with Crippen LogP contribution in [-0.2, 0) is 30.5 Å². The molecule has 0 saturated heterocycles. The predicted octanol–water partition coefficient (Wildman–Crippen LogP) is 3.76. The average Bonchev–Trinajstić information content (AvgIpc) is 3.11. The fourth-order valence-corrected chi connectivity index (χ4v) is 5.04. The molecule has 6 nitrogen and oxygen atoms in total. The lowest BCUT2D eigenvalue weighted by molar-refractivity contribution is -0.131. The van der Waals surface area contributed by atoms with Gasteiger partial charge in [-0.3, -0.25) is 9.59 Å².